The minimum atomic E-state index is 0.208. The van der Waals surface area contributed by atoms with E-state index in [1.165, 1.54) is 27.8 Å². The van der Waals surface area contributed by atoms with E-state index in [1.807, 2.05) is 7.05 Å². The van der Waals surface area contributed by atoms with Crippen LogP contribution in [0.1, 0.15) is 34.2 Å². The summed E-state index contributed by atoms with van der Waals surface area (Å²) in [5, 5.41) is 3.55. The highest BCUT2D eigenvalue weighted by molar-refractivity contribution is 5.95. The van der Waals surface area contributed by atoms with Crippen molar-refractivity contribution in [3.63, 3.8) is 0 Å². The Morgan fingerprint density at radius 1 is 1.00 bits per heavy atom. The van der Waals surface area contributed by atoms with Crippen molar-refractivity contribution in [1.82, 2.24) is 5.32 Å². The second-order valence-electron chi connectivity index (χ2n) is 7.25. The highest BCUT2D eigenvalue weighted by Gasteiger charge is 2.20. The van der Waals surface area contributed by atoms with Gasteiger partial charge >= 0.3 is 0 Å². The molecule has 0 bridgehead atoms. The monoisotopic (exact) mass is 350 g/mol. The molecule has 4 nitrogen and oxygen atoms in total. The molecular weight excluding hydrogens is 324 g/mol. The minimum absolute atomic E-state index is 0.208. The molecule has 1 N–H and O–H groups in total. The first-order valence-corrected chi connectivity index (χ1v) is 9.48. The Morgan fingerprint density at radius 2 is 1.85 bits per heavy atom. The molecule has 2 aromatic rings. The third kappa shape index (κ3) is 3.67. The van der Waals surface area contributed by atoms with E-state index in [-0.39, 0.29) is 5.91 Å². The fraction of sp³-hybridized carbons (Fsp3) is 0.409. The van der Waals surface area contributed by atoms with Crippen LogP contribution < -0.4 is 10.2 Å². The van der Waals surface area contributed by atoms with Crippen LogP contribution in [0.4, 0.5) is 5.69 Å². The molecule has 0 spiro atoms. The molecule has 2 aromatic carbocycles. The molecule has 0 aromatic heterocycles. The molecule has 2 aliphatic heterocycles. The molecule has 2 aliphatic rings. The Kier molecular flexibility index (Phi) is 5.05. The number of benzene rings is 2. The van der Waals surface area contributed by atoms with Crippen molar-refractivity contribution in [2.75, 3.05) is 25.1 Å². The van der Waals surface area contributed by atoms with Gasteiger partial charge in [0.15, 0.2) is 0 Å². The highest BCUT2D eigenvalue weighted by atomic mass is 16.5. The summed E-state index contributed by atoms with van der Waals surface area (Å²) in [6.45, 7) is 3.43. The number of carbonyl (C=O) groups is 1. The van der Waals surface area contributed by atoms with Gasteiger partial charge < -0.3 is 15.0 Å². The molecule has 0 fully saturated rings. The van der Waals surface area contributed by atoms with Gasteiger partial charge in [-0.05, 0) is 59.7 Å². The molecule has 0 saturated carbocycles. The summed E-state index contributed by atoms with van der Waals surface area (Å²) in [5.41, 5.74) is 7.80. The van der Waals surface area contributed by atoms with Gasteiger partial charge in [-0.15, -0.1) is 0 Å². The van der Waals surface area contributed by atoms with Gasteiger partial charge in [-0.1, -0.05) is 30.3 Å². The number of nitrogens with one attached hydrogen (secondary N) is 1. The quantitative estimate of drug-likeness (QED) is 0.843. The number of carbonyl (C=O) groups excluding carboxylic acids is 1. The maximum Gasteiger partial charge on any atom is 0.227 e. The molecule has 0 aliphatic carbocycles. The van der Waals surface area contributed by atoms with E-state index < -0.39 is 0 Å². The molecule has 1 amide bonds. The van der Waals surface area contributed by atoms with Crippen LogP contribution in [0.5, 0.6) is 0 Å². The first kappa shape index (κ1) is 17.3. The van der Waals surface area contributed by atoms with Gasteiger partial charge in [0.2, 0.25) is 5.91 Å². The van der Waals surface area contributed by atoms with Crippen molar-refractivity contribution in [3.05, 3.63) is 64.2 Å². The third-order valence-corrected chi connectivity index (χ3v) is 5.45. The summed E-state index contributed by atoms with van der Waals surface area (Å²) in [4.78, 5) is 13.6. The number of aryl methyl sites for hydroxylation is 1. The van der Waals surface area contributed by atoms with E-state index >= 15 is 0 Å². The first-order valence-electron chi connectivity index (χ1n) is 9.48. The molecule has 0 saturated heterocycles. The number of rotatable bonds is 5. The number of anilines is 1. The number of hydrogen-bond acceptors (Lipinski definition) is 3. The molecule has 4 heteroatoms. The molecule has 136 valence electrons. The minimum Gasteiger partial charge on any atom is -0.376 e. The summed E-state index contributed by atoms with van der Waals surface area (Å²) in [5.74, 6) is 0.208. The summed E-state index contributed by atoms with van der Waals surface area (Å²) in [7, 11) is 1.86. The molecular formula is C22H26N2O2. The molecule has 26 heavy (non-hydrogen) atoms. The normalized spacial score (nSPS) is 16.3. The van der Waals surface area contributed by atoms with Crippen LogP contribution in [0.3, 0.4) is 0 Å². The van der Waals surface area contributed by atoms with Gasteiger partial charge in [-0.3, -0.25) is 4.79 Å². The van der Waals surface area contributed by atoms with Gasteiger partial charge in [-0.25, -0.2) is 0 Å². The smallest absolute Gasteiger partial charge is 0.227 e. The number of hydrogen-bond donors (Lipinski definition) is 1. The topological polar surface area (TPSA) is 41.6 Å². The maximum absolute atomic E-state index is 11.8. The fourth-order valence-electron chi connectivity index (χ4n) is 3.86. The SMILES string of the molecule is CN1C(=O)CCc2cc(CNCCc3ccc4c(c3)CCOC4)ccc21. The number of ether oxygens (including phenoxy) is 1. The predicted molar refractivity (Wildman–Crippen MR) is 103 cm³/mol. The number of fused-ring (bicyclic) bond motifs is 2. The van der Waals surface area contributed by atoms with E-state index in [2.05, 4.69) is 41.7 Å². The lowest BCUT2D eigenvalue weighted by atomic mass is 9.98. The van der Waals surface area contributed by atoms with E-state index in [9.17, 15) is 4.79 Å². The molecule has 4 rings (SSSR count). The lowest BCUT2D eigenvalue weighted by Crippen LogP contribution is -2.31. The van der Waals surface area contributed by atoms with Crippen LogP contribution in [-0.2, 0) is 41.9 Å². The van der Waals surface area contributed by atoms with Crippen molar-refractivity contribution in [3.8, 4) is 0 Å². The Bertz CT molecular complexity index is 816. The lowest BCUT2D eigenvalue weighted by molar-refractivity contribution is -0.118. The van der Waals surface area contributed by atoms with Crippen LogP contribution in [0, 0.1) is 0 Å². The van der Waals surface area contributed by atoms with Crippen LogP contribution in [-0.4, -0.2) is 26.1 Å². The van der Waals surface area contributed by atoms with Crippen molar-refractivity contribution in [2.45, 2.75) is 38.8 Å². The number of amides is 1. The molecule has 0 radical (unpaired) electrons. The zero-order valence-electron chi connectivity index (χ0n) is 15.4. The predicted octanol–water partition coefficient (Wildman–Crippen LogP) is 3.00. The van der Waals surface area contributed by atoms with E-state index in [1.54, 1.807) is 4.90 Å². The van der Waals surface area contributed by atoms with Crippen LogP contribution >= 0.6 is 0 Å². The standard InChI is InChI=1S/C22H26N2O2/c1-24-21-6-3-17(13-19(21)5-7-22(24)25)14-23-10-8-16-2-4-20-15-26-11-9-18(20)12-16/h2-4,6,12-13,23H,5,7-11,14-15H2,1H3. The van der Waals surface area contributed by atoms with Crippen molar-refractivity contribution in [1.29, 1.82) is 0 Å². The van der Waals surface area contributed by atoms with E-state index in [0.717, 1.165) is 51.3 Å². The van der Waals surface area contributed by atoms with Crippen molar-refractivity contribution < 1.29 is 9.53 Å². The Morgan fingerprint density at radius 3 is 2.77 bits per heavy atom. The van der Waals surface area contributed by atoms with E-state index in [4.69, 9.17) is 4.74 Å². The zero-order chi connectivity index (χ0) is 17.9. The molecule has 0 unspecified atom stereocenters. The zero-order valence-corrected chi connectivity index (χ0v) is 15.4. The van der Waals surface area contributed by atoms with Crippen LogP contribution in [0.2, 0.25) is 0 Å². The van der Waals surface area contributed by atoms with Gasteiger partial charge in [0.25, 0.3) is 0 Å². The van der Waals surface area contributed by atoms with Crippen molar-refractivity contribution >= 4 is 11.6 Å². The Hall–Kier alpha value is -2.17. The Balaban J connectivity index is 1.31. The van der Waals surface area contributed by atoms with Gasteiger partial charge in [-0.2, -0.15) is 0 Å². The average molecular weight is 350 g/mol. The average Bonchev–Trinajstić information content (AvgIpc) is 2.68. The second-order valence-corrected chi connectivity index (χ2v) is 7.25. The fourth-order valence-corrected chi connectivity index (χ4v) is 3.86. The van der Waals surface area contributed by atoms with E-state index in [0.29, 0.717) is 6.42 Å². The molecule has 0 atom stereocenters. The summed E-state index contributed by atoms with van der Waals surface area (Å²) < 4.78 is 5.50. The Labute approximate surface area is 155 Å². The highest BCUT2D eigenvalue weighted by Crippen LogP contribution is 2.27. The van der Waals surface area contributed by atoms with Crippen LogP contribution in [0.25, 0.3) is 0 Å². The lowest BCUT2D eigenvalue weighted by Gasteiger charge is -2.26. The molecule has 2 heterocycles. The summed E-state index contributed by atoms with van der Waals surface area (Å²) in [6.07, 6.45) is 3.54. The van der Waals surface area contributed by atoms with Crippen molar-refractivity contribution in [2.24, 2.45) is 0 Å². The van der Waals surface area contributed by atoms with Gasteiger partial charge in [0, 0.05) is 25.7 Å². The second kappa shape index (κ2) is 7.60. The number of nitrogens with zero attached hydrogens (tertiary/aromatic N) is 1. The third-order valence-electron chi connectivity index (χ3n) is 5.45. The maximum atomic E-state index is 11.8. The van der Waals surface area contributed by atoms with Crippen LogP contribution in [0.15, 0.2) is 36.4 Å². The van der Waals surface area contributed by atoms with Gasteiger partial charge in [0.1, 0.15) is 0 Å². The summed E-state index contributed by atoms with van der Waals surface area (Å²) in [6, 6.07) is 13.2. The van der Waals surface area contributed by atoms with Gasteiger partial charge in [0.05, 0.1) is 13.2 Å². The largest absolute Gasteiger partial charge is 0.376 e. The summed E-state index contributed by atoms with van der Waals surface area (Å²) >= 11 is 0. The first-order chi connectivity index (χ1) is 12.7.